The molecule has 0 radical (unpaired) electrons. The van der Waals surface area contributed by atoms with E-state index in [1.807, 2.05) is 6.92 Å². The Kier molecular flexibility index (Phi) is 5.94. The second-order valence-electron chi connectivity index (χ2n) is 6.93. The van der Waals surface area contributed by atoms with Crippen molar-refractivity contribution in [1.82, 2.24) is 4.90 Å². The highest BCUT2D eigenvalue weighted by molar-refractivity contribution is 5.96. The Bertz CT molecular complexity index is 888. The summed E-state index contributed by atoms with van der Waals surface area (Å²) in [5, 5.41) is 0.398. The van der Waals surface area contributed by atoms with E-state index >= 15 is 0 Å². The monoisotopic (exact) mass is 371 g/mol. The van der Waals surface area contributed by atoms with Crippen molar-refractivity contribution in [3.63, 3.8) is 0 Å². The van der Waals surface area contributed by atoms with Gasteiger partial charge in [0.25, 0.3) is 5.91 Å². The maximum Gasteiger partial charge on any atom is 0.309 e. The predicted octanol–water partition coefficient (Wildman–Crippen LogP) is 3.23. The number of fused-ring (bicyclic) bond motifs is 1. The lowest BCUT2D eigenvalue weighted by atomic mass is 10.1. The summed E-state index contributed by atoms with van der Waals surface area (Å²) in [5.41, 5.74) is 0.183. The van der Waals surface area contributed by atoms with Gasteiger partial charge < -0.3 is 14.1 Å². The van der Waals surface area contributed by atoms with E-state index in [2.05, 4.69) is 0 Å². The fourth-order valence-electron chi connectivity index (χ4n) is 3.29. The molecule has 0 aliphatic heterocycles. The first-order valence-electron chi connectivity index (χ1n) is 9.53. The van der Waals surface area contributed by atoms with Crippen molar-refractivity contribution in [1.29, 1.82) is 0 Å². The molecule has 6 nitrogen and oxygen atoms in total. The number of para-hydroxylation sites is 1. The summed E-state index contributed by atoms with van der Waals surface area (Å²) < 4.78 is 10.6. The van der Waals surface area contributed by atoms with E-state index in [0.717, 1.165) is 19.3 Å². The molecule has 1 aliphatic carbocycles. The summed E-state index contributed by atoms with van der Waals surface area (Å²) in [5.74, 6) is -0.583. The number of ether oxygens (including phenoxy) is 1. The van der Waals surface area contributed by atoms with Crippen molar-refractivity contribution in [3.8, 4) is 0 Å². The van der Waals surface area contributed by atoms with Crippen molar-refractivity contribution in [2.24, 2.45) is 11.8 Å². The van der Waals surface area contributed by atoms with Gasteiger partial charge in [-0.05, 0) is 37.8 Å². The average molecular weight is 371 g/mol. The molecule has 1 heterocycles. The Labute approximate surface area is 158 Å². The molecule has 2 atom stereocenters. The Morgan fingerprint density at radius 2 is 2.04 bits per heavy atom. The largest absolute Gasteiger partial charge is 0.466 e. The van der Waals surface area contributed by atoms with Gasteiger partial charge in [0.2, 0.25) is 5.43 Å². The highest BCUT2D eigenvalue weighted by atomic mass is 16.5. The molecule has 1 aromatic heterocycles. The van der Waals surface area contributed by atoms with Crippen LogP contribution in [0.1, 0.15) is 43.5 Å². The number of unbranched alkanes of at least 4 members (excludes halogenated alkanes) is 1. The highest BCUT2D eigenvalue weighted by Crippen LogP contribution is 2.40. The van der Waals surface area contributed by atoms with Crippen LogP contribution < -0.4 is 5.43 Å². The summed E-state index contributed by atoms with van der Waals surface area (Å²) in [6.07, 6.45) is 3.74. The van der Waals surface area contributed by atoms with E-state index in [0.29, 0.717) is 30.7 Å². The maximum absolute atomic E-state index is 13.0. The number of carbonyl (C=O) groups is 2. The van der Waals surface area contributed by atoms with Gasteiger partial charge in [0.1, 0.15) is 17.4 Å². The van der Waals surface area contributed by atoms with Gasteiger partial charge in [-0.3, -0.25) is 14.4 Å². The van der Waals surface area contributed by atoms with E-state index in [-0.39, 0.29) is 34.7 Å². The molecule has 1 fully saturated rings. The molecule has 1 aromatic carbocycles. The standard InChI is InChI=1S/C21H25NO5/c1-3-5-10-22(12-14-11-16(14)21(25)26-4-2)20(24)17-13-27-18-9-7-6-8-15(18)19(17)23/h6-9,13-14,16H,3-5,10-12H2,1-2H3. The summed E-state index contributed by atoms with van der Waals surface area (Å²) in [6.45, 7) is 5.19. The summed E-state index contributed by atoms with van der Waals surface area (Å²) in [6, 6.07) is 6.89. The van der Waals surface area contributed by atoms with Gasteiger partial charge in [0.05, 0.1) is 17.9 Å². The molecule has 1 aliphatic rings. The van der Waals surface area contributed by atoms with Crippen LogP contribution >= 0.6 is 0 Å². The van der Waals surface area contributed by atoms with Gasteiger partial charge >= 0.3 is 5.97 Å². The Morgan fingerprint density at radius 1 is 1.26 bits per heavy atom. The molecule has 3 rings (SSSR count). The normalized spacial score (nSPS) is 18.3. The lowest BCUT2D eigenvalue weighted by molar-refractivity contribution is -0.145. The molecule has 2 aromatic rings. The lowest BCUT2D eigenvalue weighted by Crippen LogP contribution is -2.37. The van der Waals surface area contributed by atoms with Gasteiger partial charge in [0, 0.05) is 13.1 Å². The van der Waals surface area contributed by atoms with Crippen LogP contribution in [0.2, 0.25) is 0 Å². The smallest absolute Gasteiger partial charge is 0.309 e. The fraction of sp³-hybridized carbons (Fsp3) is 0.476. The van der Waals surface area contributed by atoms with Crippen LogP contribution in [0.25, 0.3) is 11.0 Å². The molecule has 0 N–H and O–H groups in total. The van der Waals surface area contributed by atoms with Crippen LogP contribution in [0.5, 0.6) is 0 Å². The van der Waals surface area contributed by atoms with E-state index < -0.39 is 0 Å². The Hall–Kier alpha value is -2.63. The SMILES string of the molecule is CCCCN(CC1CC1C(=O)OCC)C(=O)c1coc2ccccc2c1=O. The average Bonchev–Trinajstić information content (AvgIpc) is 3.45. The Balaban J connectivity index is 1.79. The molecule has 1 saturated carbocycles. The molecular formula is C21H25NO5. The van der Waals surface area contributed by atoms with Crippen molar-refractivity contribution >= 4 is 22.8 Å². The van der Waals surface area contributed by atoms with Gasteiger partial charge in [-0.25, -0.2) is 0 Å². The molecule has 2 unspecified atom stereocenters. The van der Waals surface area contributed by atoms with Crippen LogP contribution in [-0.4, -0.2) is 36.5 Å². The van der Waals surface area contributed by atoms with Crippen LogP contribution in [0.3, 0.4) is 0 Å². The van der Waals surface area contributed by atoms with Gasteiger partial charge in [-0.15, -0.1) is 0 Å². The van der Waals surface area contributed by atoms with Crippen LogP contribution in [-0.2, 0) is 9.53 Å². The molecule has 27 heavy (non-hydrogen) atoms. The summed E-state index contributed by atoms with van der Waals surface area (Å²) in [7, 11) is 0. The van der Waals surface area contributed by atoms with Crippen molar-refractivity contribution < 1.29 is 18.7 Å². The summed E-state index contributed by atoms with van der Waals surface area (Å²) in [4.78, 5) is 39.3. The molecule has 0 saturated heterocycles. The van der Waals surface area contributed by atoms with Crippen molar-refractivity contribution in [2.45, 2.75) is 33.1 Å². The number of amides is 1. The van der Waals surface area contributed by atoms with Crippen molar-refractivity contribution in [2.75, 3.05) is 19.7 Å². The predicted molar refractivity (Wildman–Crippen MR) is 102 cm³/mol. The van der Waals surface area contributed by atoms with Crippen molar-refractivity contribution in [3.05, 3.63) is 46.3 Å². The zero-order valence-corrected chi connectivity index (χ0v) is 15.8. The number of hydrogen-bond acceptors (Lipinski definition) is 5. The first kappa shape index (κ1) is 19.1. The topological polar surface area (TPSA) is 76.8 Å². The molecule has 0 bridgehead atoms. The minimum absolute atomic E-state index is 0.0399. The number of benzene rings is 1. The third kappa shape index (κ3) is 4.21. The Morgan fingerprint density at radius 3 is 2.78 bits per heavy atom. The van der Waals surface area contributed by atoms with E-state index in [1.54, 1.807) is 36.1 Å². The third-order valence-corrected chi connectivity index (χ3v) is 4.95. The quantitative estimate of drug-likeness (QED) is 0.666. The molecular weight excluding hydrogens is 346 g/mol. The minimum atomic E-state index is -0.336. The molecule has 6 heteroatoms. The second-order valence-corrected chi connectivity index (χ2v) is 6.93. The first-order valence-corrected chi connectivity index (χ1v) is 9.53. The number of rotatable bonds is 8. The van der Waals surface area contributed by atoms with Crippen LogP contribution in [0, 0.1) is 11.8 Å². The van der Waals surface area contributed by atoms with Gasteiger partial charge in [0.15, 0.2) is 0 Å². The van der Waals surface area contributed by atoms with E-state index in [9.17, 15) is 14.4 Å². The molecule has 1 amide bonds. The van der Waals surface area contributed by atoms with E-state index in [4.69, 9.17) is 9.15 Å². The fourth-order valence-corrected chi connectivity index (χ4v) is 3.29. The van der Waals surface area contributed by atoms with Crippen LogP contribution in [0.4, 0.5) is 0 Å². The number of carbonyl (C=O) groups excluding carboxylic acids is 2. The number of hydrogen-bond donors (Lipinski definition) is 0. The van der Waals surface area contributed by atoms with E-state index in [1.165, 1.54) is 6.26 Å². The number of nitrogens with zero attached hydrogens (tertiary/aromatic N) is 1. The third-order valence-electron chi connectivity index (χ3n) is 4.95. The second kappa shape index (κ2) is 8.37. The van der Waals surface area contributed by atoms with Gasteiger partial charge in [-0.1, -0.05) is 25.5 Å². The molecule has 0 spiro atoms. The maximum atomic E-state index is 13.0. The first-order chi connectivity index (χ1) is 13.1. The van der Waals surface area contributed by atoms with Crippen LogP contribution in [0.15, 0.2) is 39.7 Å². The summed E-state index contributed by atoms with van der Waals surface area (Å²) >= 11 is 0. The number of esters is 1. The highest BCUT2D eigenvalue weighted by Gasteiger charge is 2.45. The lowest BCUT2D eigenvalue weighted by Gasteiger charge is -2.22. The zero-order chi connectivity index (χ0) is 19.4. The minimum Gasteiger partial charge on any atom is -0.466 e. The zero-order valence-electron chi connectivity index (χ0n) is 15.8. The molecule has 144 valence electrons. The van der Waals surface area contributed by atoms with Gasteiger partial charge in [-0.2, -0.15) is 0 Å².